The summed E-state index contributed by atoms with van der Waals surface area (Å²) in [4.78, 5) is 29.7. The Kier molecular flexibility index (Phi) is 8.43. The maximum atomic E-state index is 12.9. The molecule has 0 aliphatic carbocycles. The summed E-state index contributed by atoms with van der Waals surface area (Å²) in [6, 6.07) is 30.6. The first-order valence-corrected chi connectivity index (χ1v) is 13.8. The molecule has 0 saturated carbocycles. The maximum Gasteiger partial charge on any atom is 0.257 e. The van der Waals surface area contributed by atoms with Crippen molar-refractivity contribution in [3.05, 3.63) is 119 Å². The Morgan fingerprint density at radius 2 is 1.45 bits per heavy atom. The van der Waals surface area contributed by atoms with Gasteiger partial charge in [-0.2, -0.15) is 0 Å². The van der Waals surface area contributed by atoms with Crippen LogP contribution in [0, 0.1) is 6.92 Å². The molecule has 0 bridgehead atoms. The van der Waals surface area contributed by atoms with Crippen LogP contribution < -0.4 is 15.5 Å². The molecule has 4 aromatic rings. The molecule has 1 fully saturated rings. The van der Waals surface area contributed by atoms with Crippen LogP contribution in [-0.2, 0) is 0 Å². The second kappa shape index (κ2) is 12.3. The lowest BCUT2D eigenvalue weighted by Crippen LogP contribution is -2.49. The Bertz CT molecular complexity index is 1530. The van der Waals surface area contributed by atoms with Crippen LogP contribution in [0.25, 0.3) is 11.1 Å². The quantitative estimate of drug-likeness (QED) is 0.273. The van der Waals surface area contributed by atoms with Crippen LogP contribution in [0.15, 0.2) is 97.1 Å². The van der Waals surface area contributed by atoms with Gasteiger partial charge in [0.2, 0.25) is 0 Å². The number of anilines is 2. The first-order valence-electron chi connectivity index (χ1n) is 13.1. The van der Waals surface area contributed by atoms with Crippen LogP contribution in [0.5, 0.6) is 0 Å². The average molecular weight is 569 g/mol. The fourth-order valence-corrected chi connectivity index (χ4v) is 5.27. The third-order valence-corrected chi connectivity index (χ3v) is 7.48. The van der Waals surface area contributed by atoms with Crippen molar-refractivity contribution in [2.75, 3.05) is 36.4 Å². The van der Waals surface area contributed by atoms with Crippen LogP contribution in [0.4, 0.5) is 11.4 Å². The summed E-state index contributed by atoms with van der Waals surface area (Å²) in [5, 5.41) is 6.51. The molecule has 2 N–H and O–H groups in total. The highest BCUT2D eigenvalue weighted by atomic mass is 35.5. The number of nitrogens with zero attached hydrogens (tertiary/aromatic N) is 2. The van der Waals surface area contributed by atoms with E-state index in [1.165, 1.54) is 0 Å². The van der Waals surface area contributed by atoms with Gasteiger partial charge in [0.25, 0.3) is 11.8 Å². The summed E-state index contributed by atoms with van der Waals surface area (Å²) in [5.74, 6) is -0.232. The average Bonchev–Trinajstić information content (AvgIpc) is 2.98. The van der Waals surface area contributed by atoms with Crippen molar-refractivity contribution in [3.63, 3.8) is 0 Å². The number of thiocarbonyl (C=S) groups is 1. The summed E-state index contributed by atoms with van der Waals surface area (Å²) >= 11 is 12.0. The van der Waals surface area contributed by atoms with Crippen molar-refractivity contribution in [2.24, 2.45) is 0 Å². The van der Waals surface area contributed by atoms with Gasteiger partial charge in [-0.1, -0.05) is 72.3 Å². The summed E-state index contributed by atoms with van der Waals surface area (Å²) in [5.41, 5.74) is 5.93. The number of hydrogen-bond donors (Lipinski definition) is 2. The van der Waals surface area contributed by atoms with Crippen molar-refractivity contribution in [1.82, 2.24) is 10.2 Å². The standard InChI is InChI=1S/C32H29ClN4O2S/c1-22-7-5-6-10-27(22)31(39)37-19-17-36(18-20-37)29-16-15-26(21-28(29)33)34-32(40)35-30(38)25-13-11-24(12-14-25)23-8-3-2-4-9-23/h2-16,21H,17-20H2,1H3,(H2,34,35,38,40). The lowest BCUT2D eigenvalue weighted by Gasteiger charge is -2.36. The van der Waals surface area contributed by atoms with E-state index in [1.54, 1.807) is 18.2 Å². The van der Waals surface area contributed by atoms with E-state index in [0.29, 0.717) is 42.5 Å². The summed E-state index contributed by atoms with van der Waals surface area (Å²) < 4.78 is 0. The van der Waals surface area contributed by atoms with Gasteiger partial charge in [0.1, 0.15) is 0 Å². The molecule has 1 heterocycles. The van der Waals surface area contributed by atoms with E-state index in [1.807, 2.05) is 90.7 Å². The van der Waals surface area contributed by atoms with Crippen molar-refractivity contribution < 1.29 is 9.59 Å². The molecule has 1 aliphatic heterocycles. The zero-order valence-corrected chi connectivity index (χ0v) is 23.6. The highest BCUT2D eigenvalue weighted by Crippen LogP contribution is 2.30. The minimum Gasteiger partial charge on any atom is -0.367 e. The van der Waals surface area contributed by atoms with E-state index in [2.05, 4.69) is 15.5 Å². The number of carbonyl (C=O) groups is 2. The molecule has 40 heavy (non-hydrogen) atoms. The number of carbonyl (C=O) groups excluding carboxylic acids is 2. The van der Waals surface area contributed by atoms with E-state index in [0.717, 1.165) is 27.9 Å². The minimum atomic E-state index is -0.294. The van der Waals surface area contributed by atoms with Gasteiger partial charge >= 0.3 is 0 Å². The lowest BCUT2D eigenvalue weighted by molar-refractivity contribution is 0.0746. The van der Waals surface area contributed by atoms with Crippen LogP contribution in [-0.4, -0.2) is 48.0 Å². The molecule has 6 nitrogen and oxygen atoms in total. The smallest absolute Gasteiger partial charge is 0.257 e. The molecular formula is C32H29ClN4O2S. The van der Waals surface area contributed by atoms with Crippen molar-refractivity contribution in [2.45, 2.75) is 6.92 Å². The van der Waals surface area contributed by atoms with E-state index in [4.69, 9.17) is 23.8 Å². The zero-order chi connectivity index (χ0) is 28.1. The van der Waals surface area contributed by atoms with E-state index < -0.39 is 0 Å². The Balaban J connectivity index is 1.15. The molecule has 1 saturated heterocycles. The third kappa shape index (κ3) is 6.33. The topological polar surface area (TPSA) is 64.7 Å². The molecule has 0 radical (unpaired) electrons. The Labute approximate surface area is 244 Å². The highest BCUT2D eigenvalue weighted by molar-refractivity contribution is 7.80. The number of benzene rings is 4. The summed E-state index contributed by atoms with van der Waals surface area (Å²) in [6.45, 7) is 4.56. The molecule has 4 aromatic carbocycles. The number of hydrogen-bond acceptors (Lipinski definition) is 4. The van der Waals surface area contributed by atoms with Gasteiger partial charge in [-0.05, 0) is 72.2 Å². The number of amides is 2. The SMILES string of the molecule is Cc1ccccc1C(=O)N1CCN(c2ccc(NC(=S)NC(=O)c3ccc(-c4ccccc4)cc3)cc2Cl)CC1. The fraction of sp³-hybridized carbons (Fsp3) is 0.156. The Morgan fingerprint density at radius 1 is 0.800 bits per heavy atom. The van der Waals surface area contributed by atoms with Crippen molar-refractivity contribution in [1.29, 1.82) is 0 Å². The second-order valence-electron chi connectivity index (χ2n) is 9.61. The van der Waals surface area contributed by atoms with E-state index in [9.17, 15) is 9.59 Å². The van der Waals surface area contributed by atoms with Gasteiger partial charge in [0.05, 0.1) is 10.7 Å². The van der Waals surface area contributed by atoms with Crippen molar-refractivity contribution in [3.8, 4) is 11.1 Å². The minimum absolute atomic E-state index is 0.0612. The number of aryl methyl sites for hydroxylation is 1. The van der Waals surface area contributed by atoms with Gasteiger partial charge in [-0.25, -0.2) is 0 Å². The van der Waals surface area contributed by atoms with Crippen LogP contribution in [0.2, 0.25) is 5.02 Å². The monoisotopic (exact) mass is 568 g/mol. The van der Waals surface area contributed by atoms with Gasteiger partial charge < -0.3 is 15.1 Å². The number of nitrogens with one attached hydrogen (secondary N) is 2. The second-order valence-corrected chi connectivity index (χ2v) is 10.4. The molecule has 2 amide bonds. The van der Waals surface area contributed by atoms with Crippen LogP contribution in [0.1, 0.15) is 26.3 Å². The van der Waals surface area contributed by atoms with Crippen LogP contribution >= 0.6 is 23.8 Å². The fourth-order valence-electron chi connectivity index (χ4n) is 4.76. The Morgan fingerprint density at radius 3 is 2.12 bits per heavy atom. The first-order chi connectivity index (χ1) is 19.4. The number of halogens is 1. The molecule has 8 heteroatoms. The summed E-state index contributed by atoms with van der Waals surface area (Å²) in [6.07, 6.45) is 0. The lowest BCUT2D eigenvalue weighted by atomic mass is 10.0. The number of piperazine rings is 1. The van der Waals surface area contributed by atoms with Crippen LogP contribution in [0.3, 0.4) is 0 Å². The molecule has 5 rings (SSSR count). The van der Waals surface area contributed by atoms with Gasteiger partial charge in [-0.15, -0.1) is 0 Å². The third-order valence-electron chi connectivity index (χ3n) is 6.97. The largest absolute Gasteiger partial charge is 0.367 e. The molecule has 0 atom stereocenters. The highest BCUT2D eigenvalue weighted by Gasteiger charge is 2.24. The normalized spacial score (nSPS) is 13.1. The van der Waals surface area contributed by atoms with E-state index in [-0.39, 0.29) is 16.9 Å². The van der Waals surface area contributed by atoms with Gasteiger partial charge in [-0.3, -0.25) is 14.9 Å². The Hall–Kier alpha value is -4.20. The first kappa shape index (κ1) is 27.4. The molecular weight excluding hydrogens is 540 g/mol. The van der Waals surface area contributed by atoms with Crippen molar-refractivity contribution >= 4 is 52.1 Å². The maximum absolute atomic E-state index is 12.9. The zero-order valence-electron chi connectivity index (χ0n) is 22.1. The van der Waals surface area contributed by atoms with Gasteiger partial charge in [0.15, 0.2) is 5.11 Å². The summed E-state index contributed by atoms with van der Waals surface area (Å²) in [7, 11) is 0. The molecule has 0 aromatic heterocycles. The van der Waals surface area contributed by atoms with Gasteiger partial charge in [0, 0.05) is 43.0 Å². The predicted molar refractivity (Wildman–Crippen MR) is 166 cm³/mol. The molecule has 202 valence electrons. The van der Waals surface area contributed by atoms with E-state index >= 15 is 0 Å². The molecule has 0 spiro atoms. The predicted octanol–water partition coefficient (Wildman–Crippen LogP) is 6.40. The molecule has 0 unspecified atom stereocenters. The molecule has 1 aliphatic rings. The number of rotatable bonds is 5.